The maximum Gasteiger partial charge on any atom is 0.203 e. The Morgan fingerprint density at radius 2 is 1.60 bits per heavy atom. The van der Waals surface area contributed by atoms with Crippen LogP contribution in [0.15, 0.2) is 42.5 Å². The van der Waals surface area contributed by atoms with Gasteiger partial charge >= 0.3 is 0 Å². The van der Waals surface area contributed by atoms with E-state index in [4.69, 9.17) is 18.9 Å². The molecule has 2 aromatic rings. The van der Waals surface area contributed by atoms with E-state index in [9.17, 15) is 0 Å². The molecule has 1 fully saturated rings. The van der Waals surface area contributed by atoms with Gasteiger partial charge < -0.3 is 18.9 Å². The van der Waals surface area contributed by atoms with Crippen LogP contribution in [-0.4, -0.2) is 27.9 Å². The third-order valence-corrected chi connectivity index (χ3v) is 5.07. The zero-order valence-corrected chi connectivity index (χ0v) is 15.3. The number of ether oxygens (including phenoxy) is 4. The molecule has 0 saturated carbocycles. The van der Waals surface area contributed by atoms with Crippen LogP contribution in [0, 0.1) is 11.8 Å². The summed E-state index contributed by atoms with van der Waals surface area (Å²) in [6, 6.07) is 14.6. The lowest BCUT2D eigenvalue weighted by molar-refractivity contribution is 0.0929. The van der Waals surface area contributed by atoms with Crippen molar-refractivity contribution in [3.63, 3.8) is 0 Å². The van der Waals surface area contributed by atoms with Crippen LogP contribution in [-0.2, 0) is 11.2 Å². The van der Waals surface area contributed by atoms with Crippen LogP contribution in [0.25, 0.3) is 0 Å². The first-order valence-electron chi connectivity index (χ1n) is 8.63. The molecule has 0 N–H and O–H groups in total. The molecule has 3 rings (SSSR count). The van der Waals surface area contributed by atoms with Crippen molar-refractivity contribution in [3.05, 3.63) is 53.6 Å². The van der Waals surface area contributed by atoms with Gasteiger partial charge in [-0.25, -0.2) is 0 Å². The first-order chi connectivity index (χ1) is 12.2. The zero-order chi connectivity index (χ0) is 17.8. The highest BCUT2D eigenvalue weighted by Gasteiger charge is 2.35. The molecule has 4 heteroatoms. The Kier molecular flexibility index (Phi) is 5.49. The molecule has 2 aromatic carbocycles. The molecule has 0 radical (unpaired) electrons. The molecule has 1 aliphatic heterocycles. The van der Waals surface area contributed by atoms with E-state index in [1.54, 1.807) is 21.3 Å². The van der Waals surface area contributed by atoms with Gasteiger partial charge in [0, 0.05) is 0 Å². The molecule has 0 aromatic heterocycles. The number of hydrogen-bond donors (Lipinski definition) is 0. The van der Waals surface area contributed by atoms with E-state index in [1.807, 2.05) is 12.1 Å². The second kappa shape index (κ2) is 7.79. The first-order valence-corrected chi connectivity index (χ1v) is 8.63. The fourth-order valence-electron chi connectivity index (χ4n) is 3.61. The fraction of sp³-hybridized carbons (Fsp3) is 0.429. The first kappa shape index (κ1) is 17.6. The average Bonchev–Trinajstić information content (AvgIpc) is 3.01. The normalized spacial score (nSPS) is 22.6. The summed E-state index contributed by atoms with van der Waals surface area (Å²) in [5, 5.41) is 0. The summed E-state index contributed by atoms with van der Waals surface area (Å²) >= 11 is 0. The number of methoxy groups -OCH3 is 3. The Morgan fingerprint density at radius 3 is 2.16 bits per heavy atom. The molecule has 0 spiro atoms. The minimum atomic E-state index is 0.0300. The van der Waals surface area contributed by atoms with Gasteiger partial charge in [0.15, 0.2) is 11.5 Å². The molecule has 1 saturated heterocycles. The Hall–Kier alpha value is -2.20. The third kappa shape index (κ3) is 3.59. The van der Waals surface area contributed by atoms with E-state index in [-0.39, 0.29) is 6.10 Å². The summed E-state index contributed by atoms with van der Waals surface area (Å²) in [5.41, 5.74) is 2.42. The standard InChI is InChI=1S/C21H26O4/c1-14-17(10-15-8-6-5-7-9-15)13-25-20(14)16-11-18(22-2)21(24-4)19(12-16)23-3/h5-9,11-12,14,17,20H,10,13H2,1-4H3/t14-,17-,20-/m0/s1. The molecule has 0 amide bonds. The quantitative estimate of drug-likeness (QED) is 0.785. The molecule has 1 heterocycles. The van der Waals surface area contributed by atoms with E-state index in [1.165, 1.54) is 5.56 Å². The molecule has 25 heavy (non-hydrogen) atoms. The highest BCUT2D eigenvalue weighted by atomic mass is 16.5. The van der Waals surface area contributed by atoms with Crippen molar-refractivity contribution in [2.45, 2.75) is 19.4 Å². The fourth-order valence-corrected chi connectivity index (χ4v) is 3.61. The maximum absolute atomic E-state index is 6.16. The van der Waals surface area contributed by atoms with Crippen molar-refractivity contribution >= 4 is 0 Å². The Bertz CT molecular complexity index is 673. The molecule has 3 atom stereocenters. The smallest absolute Gasteiger partial charge is 0.203 e. The number of rotatable bonds is 6. The van der Waals surface area contributed by atoms with Crippen LogP contribution in [0.2, 0.25) is 0 Å². The summed E-state index contributed by atoms with van der Waals surface area (Å²) < 4.78 is 22.5. The summed E-state index contributed by atoms with van der Waals surface area (Å²) in [7, 11) is 4.89. The molecule has 0 unspecified atom stereocenters. The van der Waals surface area contributed by atoms with Crippen LogP contribution >= 0.6 is 0 Å². The molecule has 1 aliphatic rings. The lowest BCUT2D eigenvalue weighted by atomic mass is 9.85. The van der Waals surface area contributed by atoms with Gasteiger partial charge in [-0.05, 0) is 41.5 Å². The van der Waals surface area contributed by atoms with Gasteiger partial charge in [-0.15, -0.1) is 0 Å². The van der Waals surface area contributed by atoms with E-state index in [0.717, 1.165) is 18.6 Å². The SMILES string of the molecule is COc1cc([C@H]2OC[C@H](Cc3ccccc3)[C@@H]2C)cc(OC)c1OC. The van der Waals surface area contributed by atoms with Gasteiger partial charge in [0.1, 0.15) is 0 Å². The van der Waals surface area contributed by atoms with Crippen molar-refractivity contribution in [2.24, 2.45) is 11.8 Å². The third-order valence-electron chi connectivity index (χ3n) is 5.07. The van der Waals surface area contributed by atoms with Gasteiger partial charge in [0.2, 0.25) is 5.75 Å². The molecule has 0 bridgehead atoms. The molecule has 4 nitrogen and oxygen atoms in total. The highest BCUT2D eigenvalue weighted by molar-refractivity contribution is 5.54. The zero-order valence-electron chi connectivity index (χ0n) is 15.3. The van der Waals surface area contributed by atoms with Crippen LogP contribution in [0.4, 0.5) is 0 Å². The largest absolute Gasteiger partial charge is 0.493 e. The van der Waals surface area contributed by atoms with Gasteiger partial charge in [0.05, 0.1) is 34.0 Å². The second-order valence-electron chi connectivity index (χ2n) is 6.52. The van der Waals surface area contributed by atoms with E-state index >= 15 is 0 Å². The van der Waals surface area contributed by atoms with E-state index in [2.05, 4.69) is 37.3 Å². The van der Waals surface area contributed by atoms with Crippen LogP contribution < -0.4 is 14.2 Å². The average molecular weight is 342 g/mol. The van der Waals surface area contributed by atoms with Crippen molar-refractivity contribution < 1.29 is 18.9 Å². The molecule has 134 valence electrons. The highest BCUT2D eigenvalue weighted by Crippen LogP contribution is 2.45. The maximum atomic E-state index is 6.16. The van der Waals surface area contributed by atoms with Crippen molar-refractivity contribution in [2.75, 3.05) is 27.9 Å². The second-order valence-corrected chi connectivity index (χ2v) is 6.52. The minimum absolute atomic E-state index is 0.0300. The van der Waals surface area contributed by atoms with Crippen molar-refractivity contribution in [3.8, 4) is 17.2 Å². The Morgan fingerprint density at radius 1 is 0.960 bits per heavy atom. The topological polar surface area (TPSA) is 36.9 Å². The van der Waals surface area contributed by atoms with E-state index in [0.29, 0.717) is 29.1 Å². The molecular weight excluding hydrogens is 316 g/mol. The number of hydrogen-bond acceptors (Lipinski definition) is 4. The van der Waals surface area contributed by atoms with Crippen LogP contribution in [0.3, 0.4) is 0 Å². The summed E-state index contributed by atoms with van der Waals surface area (Å²) in [5.74, 6) is 2.84. The lowest BCUT2D eigenvalue weighted by Crippen LogP contribution is -2.14. The summed E-state index contributed by atoms with van der Waals surface area (Å²) in [4.78, 5) is 0. The molecular formula is C21H26O4. The lowest BCUT2D eigenvalue weighted by Gasteiger charge is -2.21. The molecule has 0 aliphatic carbocycles. The van der Waals surface area contributed by atoms with Crippen LogP contribution in [0.1, 0.15) is 24.2 Å². The summed E-state index contributed by atoms with van der Waals surface area (Å²) in [6.45, 7) is 3.02. The van der Waals surface area contributed by atoms with Gasteiger partial charge in [0.25, 0.3) is 0 Å². The van der Waals surface area contributed by atoms with Gasteiger partial charge in [-0.3, -0.25) is 0 Å². The number of benzene rings is 2. The van der Waals surface area contributed by atoms with Gasteiger partial charge in [-0.1, -0.05) is 37.3 Å². The van der Waals surface area contributed by atoms with Gasteiger partial charge in [-0.2, -0.15) is 0 Å². The minimum Gasteiger partial charge on any atom is -0.493 e. The van der Waals surface area contributed by atoms with Crippen LogP contribution in [0.5, 0.6) is 17.2 Å². The Balaban J connectivity index is 1.82. The van der Waals surface area contributed by atoms with E-state index < -0.39 is 0 Å². The predicted molar refractivity (Wildman–Crippen MR) is 97.6 cm³/mol. The van der Waals surface area contributed by atoms with Crippen molar-refractivity contribution in [1.82, 2.24) is 0 Å². The monoisotopic (exact) mass is 342 g/mol. The predicted octanol–water partition coefficient (Wildman–Crippen LogP) is 4.28. The Labute approximate surface area is 149 Å². The van der Waals surface area contributed by atoms with Crippen molar-refractivity contribution in [1.29, 1.82) is 0 Å². The summed E-state index contributed by atoms with van der Waals surface area (Å²) in [6.07, 6.45) is 1.06.